The average molecular weight is 203 g/mol. The summed E-state index contributed by atoms with van der Waals surface area (Å²) in [5, 5.41) is 3.46. The van der Waals surface area contributed by atoms with Crippen LogP contribution in [-0.4, -0.2) is 30.7 Å². The molecule has 15 heavy (non-hydrogen) atoms. The molecule has 1 aromatic rings. The van der Waals surface area contributed by atoms with Crippen LogP contribution in [0.3, 0.4) is 0 Å². The Balaban J connectivity index is 2.03. The van der Waals surface area contributed by atoms with Crippen LogP contribution in [0.4, 0.5) is 5.82 Å². The maximum absolute atomic E-state index is 4.56. The van der Waals surface area contributed by atoms with Crippen molar-refractivity contribution in [3.63, 3.8) is 0 Å². The van der Waals surface area contributed by atoms with Crippen LogP contribution in [-0.2, 0) is 6.42 Å². The van der Waals surface area contributed by atoms with Crippen molar-refractivity contribution < 1.29 is 0 Å². The van der Waals surface area contributed by atoms with Gasteiger partial charge in [0.1, 0.15) is 5.82 Å². The van der Waals surface area contributed by atoms with Gasteiger partial charge in [-0.15, -0.1) is 0 Å². The topological polar surface area (TPSA) is 28.2 Å². The van der Waals surface area contributed by atoms with Gasteiger partial charge < -0.3 is 10.2 Å². The van der Waals surface area contributed by atoms with Gasteiger partial charge >= 0.3 is 0 Å². The quantitative estimate of drug-likeness (QED) is 0.684. The number of anilines is 1. The highest BCUT2D eigenvalue weighted by Gasteiger charge is 2.29. The Morgan fingerprint density at radius 2 is 2.47 bits per heavy atom. The first-order valence-corrected chi connectivity index (χ1v) is 5.78. The molecule has 0 bridgehead atoms. The van der Waals surface area contributed by atoms with Gasteiger partial charge in [0.15, 0.2) is 0 Å². The number of rotatable bonds is 0. The Labute approximate surface area is 90.5 Å². The van der Waals surface area contributed by atoms with E-state index in [1.165, 1.54) is 29.8 Å². The first kappa shape index (κ1) is 9.16. The summed E-state index contributed by atoms with van der Waals surface area (Å²) >= 11 is 0. The summed E-state index contributed by atoms with van der Waals surface area (Å²) in [7, 11) is 0. The molecule has 2 aliphatic rings. The summed E-state index contributed by atoms with van der Waals surface area (Å²) in [4.78, 5) is 7.05. The molecular formula is C12H17N3. The molecule has 0 saturated carbocycles. The van der Waals surface area contributed by atoms with Gasteiger partial charge in [-0.25, -0.2) is 4.98 Å². The zero-order valence-corrected chi connectivity index (χ0v) is 9.16. The number of piperazine rings is 1. The lowest BCUT2D eigenvalue weighted by atomic mass is 9.94. The van der Waals surface area contributed by atoms with Crippen LogP contribution in [0, 0.1) is 6.92 Å². The molecule has 1 N–H and O–H groups in total. The molecule has 0 spiro atoms. The summed E-state index contributed by atoms with van der Waals surface area (Å²) in [6, 6.07) is 2.79. The smallest absolute Gasteiger partial charge is 0.132 e. The SMILES string of the molecule is Cc1ccnc2c1CC[C@@H]1CNCCN21. The molecule has 0 aliphatic carbocycles. The van der Waals surface area contributed by atoms with Crippen molar-refractivity contribution in [2.45, 2.75) is 25.8 Å². The second-order valence-corrected chi connectivity index (χ2v) is 4.52. The average Bonchev–Trinajstić information content (AvgIpc) is 2.29. The molecule has 0 radical (unpaired) electrons. The molecule has 3 rings (SSSR count). The van der Waals surface area contributed by atoms with Crippen LogP contribution in [0.5, 0.6) is 0 Å². The van der Waals surface area contributed by atoms with Gasteiger partial charge in [-0.3, -0.25) is 0 Å². The number of nitrogens with zero attached hydrogens (tertiary/aromatic N) is 2. The molecular weight excluding hydrogens is 186 g/mol. The summed E-state index contributed by atoms with van der Waals surface area (Å²) in [5.41, 5.74) is 2.87. The molecule has 3 heterocycles. The second-order valence-electron chi connectivity index (χ2n) is 4.52. The fraction of sp³-hybridized carbons (Fsp3) is 0.583. The molecule has 1 fully saturated rings. The minimum Gasteiger partial charge on any atom is -0.351 e. The third kappa shape index (κ3) is 1.42. The number of hydrogen-bond donors (Lipinski definition) is 1. The lowest BCUT2D eigenvalue weighted by Gasteiger charge is -2.41. The van der Waals surface area contributed by atoms with Gasteiger partial charge in [-0.1, -0.05) is 0 Å². The predicted octanol–water partition coefficient (Wildman–Crippen LogP) is 1.11. The van der Waals surface area contributed by atoms with Gasteiger partial charge in [0.05, 0.1) is 0 Å². The van der Waals surface area contributed by atoms with Crippen molar-refractivity contribution in [1.29, 1.82) is 0 Å². The highest BCUT2D eigenvalue weighted by Crippen LogP contribution is 2.30. The van der Waals surface area contributed by atoms with Crippen LogP contribution < -0.4 is 10.2 Å². The standard InChI is InChI=1S/C12H17N3/c1-9-4-5-14-12-11(9)3-2-10-8-13-6-7-15(10)12/h4-5,10,13H,2-3,6-8H2,1H3/t10-/m1/s1. The molecule has 0 amide bonds. The monoisotopic (exact) mass is 203 g/mol. The minimum atomic E-state index is 0.667. The van der Waals surface area contributed by atoms with Gasteiger partial charge in [0.25, 0.3) is 0 Å². The van der Waals surface area contributed by atoms with E-state index < -0.39 is 0 Å². The molecule has 80 valence electrons. The first-order chi connectivity index (χ1) is 7.36. The molecule has 2 aliphatic heterocycles. The Morgan fingerprint density at radius 3 is 3.40 bits per heavy atom. The van der Waals surface area contributed by atoms with E-state index in [2.05, 4.69) is 28.2 Å². The molecule has 3 heteroatoms. The lowest BCUT2D eigenvalue weighted by Crippen LogP contribution is -2.53. The van der Waals surface area contributed by atoms with E-state index >= 15 is 0 Å². The van der Waals surface area contributed by atoms with E-state index in [-0.39, 0.29) is 0 Å². The number of fused-ring (bicyclic) bond motifs is 3. The highest BCUT2D eigenvalue weighted by atomic mass is 15.3. The molecule has 1 aromatic heterocycles. The number of nitrogens with one attached hydrogen (secondary N) is 1. The second kappa shape index (κ2) is 3.49. The summed E-state index contributed by atoms with van der Waals surface area (Å²) in [6.45, 7) is 5.51. The van der Waals surface area contributed by atoms with Gasteiger partial charge in [0.2, 0.25) is 0 Å². The van der Waals surface area contributed by atoms with Crippen molar-refractivity contribution in [3.05, 3.63) is 23.4 Å². The third-order valence-corrected chi connectivity index (χ3v) is 3.62. The highest BCUT2D eigenvalue weighted by molar-refractivity contribution is 5.53. The van der Waals surface area contributed by atoms with E-state index in [0.29, 0.717) is 6.04 Å². The zero-order valence-electron chi connectivity index (χ0n) is 9.16. The van der Waals surface area contributed by atoms with Crippen LogP contribution in [0.2, 0.25) is 0 Å². The van der Waals surface area contributed by atoms with Crippen LogP contribution in [0.1, 0.15) is 17.5 Å². The minimum absolute atomic E-state index is 0.667. The Morgan fingerprint density at radius 1 is 1.53 bits per heavy atom. The van der Waals surface area contributed by atoms with E-state index in [4.69, 9.17) is 0 Å². The molecule has 1 atom stereocenters. The predicted molar refractivity (Wildman–Crippen MR) is 61.3 cm³/mol. The molecule has 1 saturated heterocycles. The van der Waals surface area contributed by atoms with Crippen molar-refractivity contribution >= 4 is 5.82 Å². The largest absolute Gasteiger partial charge is 0.351 e. The zero-order chi connectivity index (χ0) is 10.3. The van der Waals surface area contributed by atoms with E-state index in [9.17, 15) is 0 Å². The van der Waals surface area contributed by atoms with Crippen LogP contribution in [0.15, 0.2) is 12.3 Å². The van der Waals surface area contributed by atoms with E-state index in [0.717, 1.165) is 19.6 Å². The fourth-order valence-corrected chi connectivity index (χ4v) is 2.74. The van der Waals surface area contributed by atoms with Crippen molar-refractivity contribution in [3.8, 4) is 0 Å². The van der Waals surface area contributed by atoms with Crippen molar-refractivity contribution in [2.75, 3.05) is 24.5 Å². The van der Waals surface area contributed by atoms with E-state index in [1.807, 2.05) is 6.20 Å². The number of aromatic nitrogens is 1. The number of pyridine rings is 1. The van der Waals surface area contributed by atoms with Crippen molar-refractivity contribution in [1.82, 2.24) is 10.3 Å². The molecule has 0 unspecified atom stereocenters. The van der Waals surface area contributed by atoms with Gasteiger partial charge in [-0.05, 0) is 37.0 Å². The third-order valence-electron chi connectivity index (χ3n) is 3.62. The molecule has 0 aromatic carbocycles. The maximum Gasteiger partial charge on any atom is 0.132 e. The summed E-state index contributed by atoms with van der Waals surface area (Å²) in [5.74, 6) is 1.24. The normalized spacial score (nSPS) is 24.6. The van der Waals surface area contributed by atoms with Crippen LogP contribution >= 0.6 is 0 Å². The Hall–Kier alpha value is -1.09. The van der Waals surface area contributed by atoms with Gasteiger partial charge in [0, 0.05) is 31.9 Å². The van der Waals surface area contributed by atoms with Crippen LogP contribution in [0.25, 0.3) is 0 Å². The lowest BCUT2D eigenvalue weighted by molar-refractivity contribution is 0.435. The fourth-order valence-electron chi connectivity index (χ4n) is 2.74. The number of hydrogen-bond acceptors (Lipinski definition) is 3. The Kier molecular flexibility index (Phi) is 2.13. The summed E-state index contributed by atoms with van der Waals surface area (Å²) < 4.78 is 0. The van der Waals surface area contributed by atoms with E-state index in [1.54, 1.807) is 0 Å². The maximum atomic E-state index is 4.56. The van der Waals surface area contributed by atoms with Crippen molar-refractivity contribution in [2.24, 2.45) is 0 Å². The first-order valence-electron chi connectivity index (χ1n) is 5.78. The Bertz CT molecular complexity index is 375. The summed E-state index contributed by atoms with van der Waals surface area (Å²) in [6.07, 6.45) is 4.41. The van der Waals surface area contributed by atoms with Gasteiger partial charge in [-0.2, -0.15) is 0 Å². The molecule has 3 nitrogen and oxygen atoms in total. The number of aryl methyl sites for hydroxylation is 1.